The van der Waals surface area contributed by atoms with Crippen LogP contribution in [0.15, 0.2) is 47.4 Å². The van der Waals surface area contributed by atoms with Gasteiger partial charge >= 0.3 is 5.97 Å². The lowest BCUT2D eigenvalue weighted by atomic mass is 10.0. The van der Waals surface area contributed by atoms with Crippen LogP contribution in [0.4, 0.5) is 4.39 Å². The Balaban J connectivity index is 0.000000307. The van der Waals surface area contributed by atoms with E-state index in [0.717, 1.165) is 18.4 Å². The lowest BCUT2D eigenvalue weighted by Gasteiger charge is -2.05. The lowest BCUT2D eigenvalue weighted by Crippen LogP contribution is -2.11. The number of hydrogen-bond donors (Lipinski definition) is 2. The Morgan fingerprint density at radius 1 is 1.16 bits per heavy atom. The van der Waals surface area contributed by atoms with E-state index in [2.05, 4.69) is 11.8 Å². The second-order valence-corrected chi connectivity index (χ2v) is 9.08. The molecule has 0 spiro atoms. The predicted octanol–water partition coefficient (Wildman–Crippen LogP) is 5.09. The van der Waals surface area contributed by atoms with Gasteiger partial charge in [-0.15, -0.1) is 0 Å². The minimum atomic E-state index is -3.55. The quantitative estimate of drug-likeness (QED) is 0.606. The van der Waals surface area contributed by atoms with E-state index in [1.807, 2.05) is 27.7 Å². The van der Waals surface area contributed by atoms with Gasteiger partial charge in [0.15, 0.2) is 0 Å². The molecule has 0 aromatic heterocycles. The monoisotopic (exact) mass is 461 g/mol. The summed E-state index contributed by atoms with van der Waals surface area (Å²) in [4.78, 5) is 10.6. The van der Waals surface area contributed by atoms with Gasteiger partial charge in [0, 0.05) is 12.3 Å². The minimum absolute atomic E-state index is 0.0204. The summed E-state index contributed by atoms with van der Waals surface area (Å²) in [5, 5.41) is 13.5. The fraction of sp³-hybridized carbons (Fsp3) is 0.400. The molecule has 3 N–H and O–H groups in total. The van der Waals surface area contributed by atoms with Gasteiger partial charge in [-0.05, 0) is 60.6 Å². The molecule has 1 aliphatic carbocycles. The number of hydrogen-bond acceptors (Lipinski definition) is 3. The van der Waals surface area contributed by atoms with E-state index >= 15 is 0 Å². The Labute approximate surface area is 190 Å². The number of benzene rings is 2. The maximum absolute atomic E-state index is 13.6. The minimum Gasteiger partial charge on any atom is -0.481 e. The number of rotatable bonds is 5. The van der Waals surface area contributed by atoms with E-state index in [1.165, 1.54) is 18.2 Å². The molecule has 0 unspecified atom stereocenters. The van der Waals surface area contributed by atoms with Crippen LogP contribution in [-0.2, 0) is 21.2 Å². The molecule has 1 fully saturated rings. The van der Waals surface area contributed by atoms with Crippen molar-refractivity contribution in [1.82, 2.24) is 0 Å². The number of halogens is 1. The average Bonchev–Trinajstić information content (AvgIpc) is 3.57. The number of carboxylic acids is 1. The number of sulfonamides is 1. The van der Waals surface area contributed by atoms with Gasteiger partial charge in [0.25, 0.3) is 0 Å². The Bertz CT molecular complexity index is 1050. The van der Waals surface area contributed by atoms with Crippen molar-refractivity contribution >= 4 is 16.0 Å². The van der Waals surface area contributed by atoms with Gasteiger partial charge in [-0.3, -0.25) is 4.79 Å². The van der Waals surface area contributed by atoms with Crippen LogP contribution in [0.25, 0.3) is 0 Å². The molecule has 2 aromatic carbocycles. The molecule has 5 nitrogen and oxygen atoms in total. The normalized spacial score (nSPS) is 12.5. The summed E-state index contributed by atoms with van der Waals surface area (Å²) >= 11 is 0. The molecule has 0 amide bonds. The number of carboxylic acid groups (broad SMARTS) is 1. The molecule has 0 saturated heterocycles. The number of primary sulfonamides is 1. The zero-order valence-corrected chi connectivity index (χ0v) is 19.9. The molecular weight excluding hydrogens is 429 g/mol. The molecule has 174 valence electrons. The summed E-state index contributed by atoms with van der Waals surface area (Å²) in [5.74, 6) is 5.44. The topological polar surface area (TPSA) is 97.5 Å². The third-order valence-corrected chi connectivity index (χ3v) is 5.45. The highest BCUT2D eigenvalue weighted by Gasteiger charge is 2.18. The third kappa shape index (κ3) is 10.1. The molecule has 0 aliphatic heterocycles. The smallest absolute Gasteiger partial charge is 0.303 e. The summed E-state index contributed by atoms with van der Waals surface area (Å²) in [6, 6.07) is 11.4. The van der Waals surface area contributed by atoms with Crippen molar-refractivity contribution in [1.29, 1.82) is 0 Å². The number of carbonyl (C=O) groups is 1. The van der Waals surface area contributed by atoms with Crippen LogP contribution in [0.2, 0.25) is 0 Å². The van der Waals surface area contributed by atoms with Crippen molar-refractivity contribution in [2.75, 3.05) is 0 Å². The predicted molar refractivity (Wildman–Crippen MR) is 125 cm³/mol. The van der Waals surface area contributed by atoms with Crippen LogP contribution in [-0.4, -0.2) is 19.5 Å². The Hall–Kier alpha value is -2.69. The summed E-state index contributed by atoms with van der Waals surface area (Å²) in [6.07, 6.45) is 2.60. The van der Waals surface area contributed by atoms with Crippen molar-refractivity contribution in [2.45, 2.75) is 64.2 Å². The first-order valence-electron chi connectivity index (χ1n) is 10.7. The summed E-state index contributed by atoms with van der Waals surface area (Å²) in [6.45, 7) is 8.10. The fourth-order valence-corrected chi connectivity index (χ4v) is 3.03. The Kier molecular flexibility index (Phi) is 11.1. The maximum Gasteiger partial charge on any atom is 0.303 e. The fourth-order valence-electron chi connectivity index (χ4n) is 2.52. The third-order valence-electron chi connectivity index (χ3n) is 4.52. The maximum atomic E-state index is 13.6. The van der Waals surface area contributed by atoms with E-state index < -0.39 is 16.0 Å². The zero-order chi connectivity index (χ0) is 24.3. The molecule has 0 heterocycles. The van der Waals surface area contributed by atoms with Crippen molar-refractivity contribution < 1.29 is 22.7 Å². The molecule has 2 aromatic rings. The lowest BCUT2D eigenvalue weighted by molar-refractivity contribution is -0.136. The number of aliphatic carboxylic acids is 1. The van der Waals surface area contributed by atoms with Crippen LogP contribution in [0, 0.1) is 23.6 Å². The molecule has 1 aliphatic rings. The molecule has 0 bridgehead atoms. The van der Waals surface area contributed by atoms with Crippen molar-refractivity contribution in [2.24, 2.45) is 11.1 Å². The van der Waals surface area contributed by atoms with Gasteiger partial charge in [-0.25, -0.2) is 17.9 Å². The summed E-state index contributed by atoms with van der Waals surface area (Å²) < 4.78 is 35.4. The first kappa shape index (κ1) is 27.3. The SMILES string of the molecule is CC.CC(C)c1ccc(S(N)(=O)=O)cc1.O=C(O)CCc1ccc(C#CC2CC2)c(F)c1. The summed E-state index contributed by atoms with van der Waals surface area (Å²) in [7, 11) is -3.55. The molecule has 0 radical (unpaired) electrons. The highest BCUT2D eigenvalue weighted by molar-refractivity contribution is 7.89. The van der Waals surface area contributed by atoms with Gasteiger partial charge in [0.05, 0.1) is 10.5 Å². The van der Waals surface area contributed by atoms with Crippen molar-refractivity contribution in [3.63, 3.8) is 0 Å². The molecule has 3 rings (SSSR count). The van der Waals surface area contributed by atoms with E-state index in [4.69, 9.17) is 10.2 Å². The number of nitrogens with two attached hydrogens (primary N) is 1. The summed E-state index contributed by atoms with van der Waals surface area (Å²) in [5.41, 5.74) is 2.20. The first-order chi connectivity index (χ1) is 15.1. The standard InChI is InChI=1S/C14H13FO2.C9H13NO2S.C2H6/c15-13-9-11(5-8-14(16)17)4-7-12(13)6-3-10-1-2-10;1-7(2)8-3-5-9(6-4-8)13(10,11)12;1-2/h4,7,9-10H,1-2,5,8H2,(H,16,17);3-7H,1-2H3,(H2,10,11,12);1-2H3. The Morgan fingerprint density at radius 2 is 1.75 bits per heavy atom. The van der Waals surface area contributed by atoms with E-state index in [1.54, 1.807) is 24.3 Å². The van der Waals surface area contributed by atoms with Crippen LogP contribution in [0.3, 0.4) is 0 Å². The molecule has 7 heteroatoms. The molecular formula is C25H32FNO4S. The van der Waals surface area contributed by atoms with Gasteiger partial charge in [0.2, 0.25) is 10.0 Å². The van der Waals surface area contributed by atoms with Crippen LogP contribution >= 0.6 is 0 Å². The van der Waals surface area contributed by atoms with Crippen molar-refractivity contribution in [3.8, 4) is 11.8 Å². The van der Waals surface area contributed by atoms with Crippen LogP contribution in [0.5, 0.6) is 0 Å². The van der Waals surface area contributed by atoms with Crippen LogP contribution in [0.1, 0.15) is 69.6 Å². The van der Waals surface area contributed by atoms with Gasteiger partial charge in [-0.1, -0.05) is 57.7 Å². The second-order valence-electron chi connectivity index (χ2n) is 7.52. The van der Waals surface area contributed by atoms with E-state index in [-0.39, 0.29) is 17.1 Å². The second kappa shape index (κ2) is 13.0. The van der Waals surface area contributed by atoms with Crippen molar-refractivity contribution in [3.05, 3.63) is 65.0 Å². The first-order valence-corrected chi connectivity index (χ1v) is 12.3. The molecule has 32 heavy (non-hydrogen) atoms. The highest BCUT2D eigenvalue weighted by Crippen LogP contribution is 2.27. The average molecular weight is 462 g/mol. The zero-order valence-electron chi connectivity index (χ0n) is 19.1. The largest absolute Gasteiger partial charge is 0.481 e. The van der Waals surface area contributed by atoms with Gasteiger partial charge < -0.3 is 5.11 Å². The number of aryl methyl sites for hydroxylation is 1. The Morgan fingerprint density at radius 3 is 2.19 bits per heavy atom. The van der Waals surface area contributed by atoms with E-state index in [0.29, 0.717) is 29.4 Å². The van der Waals surface area contributed by atoms with Crippen LogP contribution < -0.4 is 5.14 Å². The highest BCUT2D eigenvalue weighted by atomic mass is 32.2. The van der Waals surface area contributed by atoms with Gasteiger partial charge in [0.1, 0.15) is 5.82 Å². The van der Waals surface area contributed by atoms with E-state index in [9.17, 15) is 17.6 Å². The molecule has 1 saturated carbocycles. The van der Waals surface area contributed by atoms with Gasteiger partial charge in [-0.2, -0.15) is 0 Å². The molecule has 0 atom stereocenters.